The maximum absolute atomic E-state index is 9.46. The van der Waals surface area contributed by atoms with Gasteiger partial charge >= 0.3 is 0 Å². The maximum atomic E-state index is 9.46. The molecule has 1 aromatic carbocycles. The van der Waals surface area contributed by atoms with Crippen LogP contribution in [-0.2, 0) is 12.8 Å². The molecule has 0 aliphatic rings. The predicted molar refractivity (Wildman–Crippen MR) is 72.5 cm³/mol. The average molecular weight is 244 g/mol. The molecule has 0 saturated heterocycles. The van der Waals surface area contributed by atoms with Crippen LogP contribution >= 0.6 is 0 Å². The Hall–Kier alpha value is -1.61. The van der Waals surface area contributed by atoms with E-state index in [0.717, 1.165) is 29.8 Å². The molecule has 0 fully saturated rings. The highest BCUT2D eigenvalue weighted by Crippen LogP contribution is 2.16. The number of benzene rings is 1. The highest BCUT2D eigenvalue weighted by Gasteiger charge is 2.06. The highest BCUT2D eigenvalue weighted by molar-refractivity contribution is 5.27. The number of hydrogen-bond acceptors (Lipinski definition) is 2. The third-order valence-electron chi connectivity index (χ3n) is 3.41. The van der Waals surface area contributed by atoms with Crippen molar-refractivity contribution in [1.82, 2.24) is 10.2 Å². The van der Waals surface area contributed by atoms with Gasteiger partial charge in [0.15, 0.2) is 0 Å². The van der Waals surface area contributed by atoms with E-state index in [1.165, 1.54) is 11.1 Å². The van der Waals surface area contributed by atoms with Gasteiger partial charge in [-0.25, -0.2) is 0 Å². The molecule has 1 heterocycles. The predicted octanol–water partition coefficient (Wildman–Crippen LogP) is 2.87. The second-order valence-corrected chi connectivity index (χ2v) is 4.83. The molecule has 1 atom stereocenters. The van der Waals surface area contributed by atoms with E-state index < -0.39 is 6.10 Å². The van der Waals surface area contributed by atoms with Crippen LogP contribution in [-0.4, -0.2) is 15.3 Å². The lowest BCUT2D eigenvalue weighted by atomic mass is 10.0. The van der Waals surface area contributed by atoms with Gasteiger partial charge in [-0.3, -0.25) is 5.10 Å². The van der Waals surface area contributed by atoms with E-state index in [1.807, 2.05) is 19.1 Å². The molecule has 0 aliphatic carbocycles. The van der Waals surface area contributed by atoms with Gasteiger partial charge in [-0.2, -0.15) is 5.10 Å². The molecule has 18 heavy (non-hydrogen) atoms. The Bertz CT molecular complexity index is 492. The van der Waals surface area contributed by atoms with E-state index in [2.05, 4.69) is 29.3 Å². The normalized spacial score (nSPS) is 12.7. The standard InChI is InChI=1S/C15H20N2O/c1-10-15(11(2)17-16-10)9-6-13-4-7-14(8-5-13)12(3)18/h4-5,7-8,12,18H,6,9H2,1-3H3,(H,16,17). The summed E-state index contributed by atoms with van der Waals surface area (Å²) in [5.41, 5.74) is 5.82. The summed E-state index contributed by atoms with van der Waals surface area (Å²) >= 11 is 0. The van der Waals surface area contributed by atoms with Crippen LogP contribution in [0.4, 0.5) is 0 Å². The minimum absolute atomic E-state index is 0.391. The molecule has 2 rings (SSSR count). The van der Waals surface area contributed by atoms with E-state index in [-0.39, 0.29) is 0 Å². The Morgan fingerprint density at radius 3 is 2.33 bits per heavy atom. The molecule has 3 heteroatoms. The minimum Gasteiger partial charge on any atom is -0.389 e. The molecule has 0 amide bonds. The molecule has 2 N–H and O–H groups in total. The van der Waals surface area contributed by atoms with Crippen LogP contribution in [0.25, 0.3) is 0 Å². The van der Waals surface area contributed by atoms with Gasteiger partial charge in [-0.15, -0.1) is 0 Å². The Kier molecular flexibility index (Phi) is 3.82. The number of H-pyrrole nitrogens is 1. The molecule has 1 unspecified atom stereocenters. The molecular weight excluding hydrogens is 224 g/mol. The summed E-state index contributed by atoms with van der Waals surface area (Å²) in [5, 5.41) is 16.7. The smallest absolute Gasteiger partial charge is 0.0761 e. The van der Waals surface area contributed by atoms with Crippen LogP contribution in [0.5, 0.6) is 0 Å². The summed E-state index contributed by atoms with van der Waals surface area (Å²) in [7, 11) is 0. The van der Waals surface area contributed by atoms with Gasteiger partial charge in [0.2, 0.25) is 0 Å². The molecular formula is C15H20N2O. The van der Waals surface area contributed by atoms with Crippen molar-refractivity contribution in [3.8, 4) is 0 Å². The van der Waals surface area contributed by atoms with Crippen molar-refractivity contribution in [2.75, 3.05) is 0 Å². The molecule has 0 saturated carbocycles. The zero-order valence-corrected chi connectivity index (χ0v) is 11.2. The van der Waals surface area contributed by atoms with Crippen LogP contribution in [0.15, 0.2) is 24.3 Å². The van der Waals surface area contributed by atoms with E-state index in [1.54, 1.807) is 6.92 Å². The molecule has 2 aromatic rings. The molecule has 3 nitrogen and oxygen atoms in total. The number of nitrogens with one attached hydrogen (secondary N) is 1. The first-order valence-corrected chi connectivity index (χ1v) is 6.35. The van der Waals surface area contributed by atoms with E-state index in [0.29, 0.717) is 0 Å². The summed E-state index contributed by atoms with van der Waals surface area (Å²) in [6, 6.07) is 8.17. The highest BCUT2D eigenvalue weighted by atomic mass is 16.3. The first-order chi connectivity index (χ1) is 8.58. The summed E-state index contributed by atoms with van der Waals surface area (Å²) in [6.07, 6.45) is 1.61. The number of rotatable bonds is 4. The second kappa shape index (κ2) is 5.36. The fraction of sp³-hybridized carbons (Fsp3) is 0.400. The monoisotopic (exact) mass is 244 g/mol. The van der Waals surface area contributed by atoms with E-state index >= 15 is 0 Å². The zero-order valence-electron chi connectivity index (χ0n) is 11.2. The van der Waals surface area contributed by atoms with Crippen LogP contribution in [0.1, 0.15) is 41.1 Å². The maximum Gasteiger partial charge on any atom is 0.0761 e. The molecule has 0 aliphatic heterocycles. The van der Waals surface area contributed by atoms with Crippen LogP contribution in [0.2, 0.25) is 0 Å². The van der Waals surface area contributed by atoms with Crippen molar-refractivity contribution in [3.63, 3.8) is 0 Å². The van der Waals surface area contributed by atoms with Gasteiger partial charge in [0.1, 0.15) is 0 Å². The Balaban J connectivity index is 2.02. The van der Waals surface area contributed by atoms with Crippen molar-refractivity contribution in [1.29, 1.82) is 0 Å². The SMILES string of the molecule is Cc1n[nH]c(C)c1CCc1ccc(C(C)O)cc1. The summed E-state index contributed by atoms with van der Waals surface area (Å²) in [4.78, 5) is 0. The molecule has 0 bridgehead atoms. The lowest BCUT2D eigenvalue weighted by Gasteiger charge is -2.06. The van der Waals surface area contributed by atoms with Crippen molar-refractivity contribution in [2.45, 2.75) is 39.7 Å². The lowest BCUT2D eigenvalue weighted by Crippen LogP contribution is -1.96. The number of aromatic nitrogens is 2. The van der Waals surface area contributed by atoms with Crippen LogP contribution < -0.4 is 0 Å². The summed E-state index contributed by atoms with van der Waals surface area (Å²) < 4.78 is 0. The number of aliphatic hydroxyl groups excluding tert-OH is 1. The van der Waals surface area contributed by atoms with Gasteiger partial charge < -0.3 is 5.11 Å². The van der Waals surface area contributed by atoms with Crippen molar-refractivity contribution in [2.24, 2.45) is 0 Å². The first-order valence-electron chi connectivity index (χ1n) is 6.35. The van der Waals surface area contributed by atoms with Gasteiger partial charge in [0, 0.05) is 5.69 Å². The van der Waals surface area contributed by atoms with Crippen molar-refractivity contribution in [3.05, 3.63) is 52.3 Å². The second-order valence-electron chi connectivity index (χ2n) is 4.83. The van der Waals surface area contributed by atoms with Gasteiger partial charge in [-0.1, -0.05) is 24.3 Å². The fourth-order valence-electron chi connectivity index (χ4n) is 2.17. The minimum atomic E-state index is -0.391. The third-order valence-corrected chi connectivity index (χ3v) is 3.41. The van der Waals surface area contributed by atoms with Crippen molar-refractivity contribution >= 4 is 0 Å². The number of nitrogens with zero attached hydrogens (tertiary/aromatic N) is 1. The third kappa shape index (κ3) is 2.79. The largest absolute Gasteiger partial charge is 0.389 e. The van der Waals surface area contributed by atoms with Crippen LogP contribution in [0, 0.1) is 13.8 Å². The number of hydrogen-bond donors (Lipinski definition) is 2. The van der Waals surface area contributed by atoms with Crippen molar-refractivity contribution < 1.29 is 5.11 Å². The number of aromatic amines is 1. The Morgan fingerprint density at radius 1 is 1.17 bits per heavy atom. The van der Waals surface area contributed by atoms with Gasteiger partial charge in [-0.05, 0) is 50.3 Å². The quantitative estimate of drug-likeness (QED) is 0.868. The Labute approximate surface area is 108 Å². The molecule has 96 valence electrons. The lowest BCUT2D eigenvalue weighted by molar-refractivity contribution is 0.199. The van der Waals surface area contributed by atoms with E-state index in [9.17, 15) is 5.11 Å². The van der Waals surface area contributed by atoms with Gasteiger partial charge in [0.05, 0.1) is 11.8 Å². The molecule has 0 radical (unpaired) electrons. The molecule has 1 aromatic heterocycles. The van der Waals surface area contributed by atoms with E-state index in [4.69, 9.17) is 0 Å². The number of aryl methyl sites for hydroxylation is 3. The fourth-order valence-corrected chi connectivity index (χ4v) is 2.17. The van der Waals surface area contributed by atoms with Gasteiger partial charge in [0.25, 0.3) is 0 Å². The molecule has 0 spiro atoms. The van der Waals surface area contributed by atoms with Crippen LogP contribution in [0.3, 0.4) is 0 Å². The Morgan fingerprint density at radius 2 is 1.83 bits per heavy atom. The number of aliphatic hydroxyl groups is 1. The first kappa shape index (κ1) is 12.8. The summed E-state index contributed by atoms with van der Waals surface area (Å²) in [5.74, 6) is 0. The zero-order chi connectivity index (χ0) is 13.1. The topological polar surface area (TPSA) is 48.9 Å². The summed E-state index contributed by atoms with van der Waals surface area (Å²) in [6.45, 7) is 5.88. The average Bonchev–Trinajstić information content (AvgIpc) is 2.67.